The van der Waals surface area contributed by atoms with Gasteiger partial charge in [0.15, 0.2) is 0 Å². The monoisotopic (exact) mass is 246 g/mol. The van der Waals surface area contributed by atoms with E-state index >= 15 is 0 Å². The van der Waals surface area contributed by atoms with Gasteiger partial charge in [0.1, 0.15) is 0 Å². The molecule has 98 valence electrons. The molecule has 2 rings (SSSR count). The molecule has 1 aromatic rings. The average molecular weight is 246 g/mol. The maximum atomic E-state index is 11.1. The third-order valence-corrected chi connectivity index (χ3v) is 3.83. The van der Waals surface area contributed by atoms with Crippen LogP contribution in [0.1, 0.15) is 30.9 Å². The van der Waals surface area contributed by atoms with Gasteiger partial charge >= 0.3 is 0 Å². The smallest absolute Gasteiger partial charge is 0.220 e. The molecule has 1 heterocycles. The van der Waals surface area contributed by atoms with Crippen LogP contribution in [0.5, 0.6) is 0 Å². The van der Waals surface area contributed by atoms with Crippen molar-refractivity contribution in [2.45, 2.75) is 32.7 Å². The number of benzene rings is 1. The average Bonchev–Trinajstić information content (AvgIpc) is 2.40. The summed E-state index contributed by atoms with van der Waals surface area (Å²) in [4.78, 5) is 13.5. The summed E-state index contributed by atoms with van der Waals surface area (Å²) >= 11 is 0. The zero-order valence-corrected chi connectivity index (χ0v) is 11.1. The van der Waals surface area contributed by atoms with E-state index in [4.69, 9.17) is 5.73 Å². The molecule has 1 saturated heterocycles. The highest BCUT2D eigenvalue weighted by Gasteiger charge is 2.22. The SMILES string of the molecule is CCc1ccc(CN2CCC(C(N)=O)CC2)cc1. The minimum Gasteiger partial charge on any atom is -0.369 e. The van der Waals surface area contributed by atoms with Crippen molar-refractivity contribution in [1.82, 2.24) is 4.90 Å². The minimum absolute atomic E-state index is 0.0868. The lowest BCUT2D eigenvalue weighted by Crippen LogP contribution is -2.38. The van der Waals surface area contributed by atoms with Crippen molar-refractivity contribution < 1.29 is 4.79 Å². The van der Waals surface area contributed by atoms with Crippen LogP contribution in [0.2, 0.25) is 0 Å². The van der Waals surface area contributed by atoms with Crippen LogP contribution in [-0.2, 0) is 17.8 Å². The second-order valence-corrected chi connectivity index (χ2v) is 5.12. The normalized spacial score (nSPS) is 17.8. The van der Waals surface area contributed by atoms with E-state index in [1.165, 1.54) is 11.1 Å². The van der Waals surface area contributed by atoms with E-state index in [1.54, 1.807) is 0 Å². The lowest BCUT2D eigenvalue weighted by atomic mass is 9.96. The Morgan fingerprint density at radius 3 is 2.28 bits per heavy atom. The standard InChI is InChI=1S/C15H22N2O/c1-2-12-3-5-13(6-4-12)11-17-9-7-14(8-10-17)15(16)18/h3-6,14H,2,7-11H2,1H3,(H2,16,18). The summed E-state index contributed by atoms with van der Waals surface area (Å²) in [6, 6.07) is 8.81. The minimum atomic E-state index is -0.137. The van der Waals surface area contributed by atoms with Crippen LogP contribution in [0.4, 0.5) is 0 Å². The molecule has 0 radical (unpaired) electrons. The van der Waals surface area contributed by atoms with E-state index in [2.05, 4.69) is 36.1 Å². The molecule has 0 atom stereocenters. The third kappa shape index (κ3) is 3.33. The van der Waals surface area contributed by atoms with E-state index in [-0.39, 0.29) is 11.8 Å². The van der Waals surface area contributed by atoms with Crippen LogP contribution in [0.15, 0.2) is 24.3 Å². The Hall–Kier alpha value is -1.35. The first kappa shape index (κ1) is 13.1. The second kappa shape index (κ2) is 6.01. The van der Waals surface area contributed by atoms with Crippen LogP contribution < -0.4 is 5.73 Å². The van der Waals surface area contributed by atoms with Gasteiger partial charge in [-0.1, -0.05) is 31.2 Å². The van der Waals surface area contributed by atoms with Crippen LogP contribution in [0.25, 0.3) is 0 Å². The van der Waals surface area contributed by atoms with Gasteiger partial charge in [0, 0.05) is 12.5 Å². The summed E-state index contributed by atoms with van der Waals surface area (Å²) in [5.74, 6) is -0.0503. The quantitative estimate of drug-likeness (QED) is 0.882. The lowest BCUT2D eigenvalue weighted by molar-refractivity contribution is -0.123. The topological polar surface area (TPSA) is 46.3 Å². The number of piperidine rings is 1. The molecule has 0 saturated carbocycles. The zero-order chi connectivity index (χ0) is 13.0. The second-order valence-electron chi connectivity index (χ2n) is 5.12. The zero-order valence-electron chi connectivity index (χ0n) is 11.1. The Kier molecular flexibility index (Phi) is 4.37. The van der Waals surface area contributed by atoms with Crippen molar-refractivity contribution in [3.63, 3.8) is 0 Å². The van der Waals surface area contributed by atoms with E-state index in [0.717, 1.165) is 38.9 Å². The predicted molar refractivity (Wildman–Crippen MR) is 73.0 cm³/mol. The molecule has 18 heavy (non-hydrogen) atoms. The first-order valence-corrected chi connectivity index (χ1v) is 6.78. The number of nitrogens with two attached hydrogens (primary N) is 1. The van der Waals surface area contributed by atoms with Gasteiger partial charge in [0.05, 0.1) is 0 Å². The van der Waals surface area contributed by atoms with E-state index in [9.17, 15) is 4.79 Å². The third-order valence-electron chi connectivity index (χ3n) is 3.83. The molecule has 2 N–H and O–H groups in total. The molecule has 0 spiro atoms. The highest BCUT2D eigenvalue weighted by atomic mass is 16.1. The summed E-state index contributed by atoms with van der Waals surface area (Å²) in [7, 11) is 0. The lowest BCUT2D eigenvalue weighted by Gasteiger charge is -2.30. The number of hydrogen-bond donors (Lipinski definition) is 1. The fraction of sp³-hybridized carbons (Fsp3) is 0.533. The van der Waals surface area contributed by atoms with Crippen LogP contribution >= 0.6 is 0 Å². The number of nitrogens with zero attached hydrogens (tertiary/aromatic N) is 1. The number of carbonyl (C=O) groups excluding carboxylic acids is 1. The molecular weight excluding hydrogens is 224 g/mol. The van der Waals surface area contributed by atoms with Crippen LogP contribution in [0, 0.1) is 5.92 Å². The molecule has 0 unspecified atom stereocenters. The number of amides is 1. The summed E-state index contributed by atoms with van der Waals surface area (Å²) < 4.78 is 0. The van der Waals surface area contributed by atoms with Gasteiger partial charge in [-0.25, -0.2) is 0 Å². The summed E-state index contributed by atoms with van der Waals surface area (Å²) in [6.07, 6.45) is 2.90. The summed E-state index contributed by atoms with van der Waals surface area (Å²) in [5.41, 5.74) is 8.07. The summed E-state index contributed by atoms with van der Waals surface area (Å²) in [6.45, 7) is 5.10. The molecule has 3 nitrogen and oxygen atoms in total. The molecule has 1 amide bonds. The van der Waals surface area contributed by atoms with Gasteiger partial charge in [-0.3, -0.25) is 9.69 Å². The Balaban J connectivity index is 1.85. The maximum Gasteiger partial charge on any atom is 0.220 e. The Labute approximate surface area is 109 Å². The van der Waals surface area contributed by atoms with Crippen LogP contribution in [0.3, 0.4) is 0 Å². The Morgan fingerprint density at radius 2 is 1.78 bits per heavy atom. The molecular formula is C15H22N2O. The highest BCUT2D eigenvalue weighted by Crippen LogP contribution is 2.18. The van der Waals surface area contributed by atoms with Crippen molar-refractivity contribution >= 4 is 5.91 Å². The highest BCUT2D eigenvalue weighted by molar-refractivity contribution is 5.76. The summed E-state index contributed by atoms with van der Waals surface area (Å²) in [5, 5.41) is 0. The molecule has 1 aliphatic rings. The van der Waals surface area contributed by atoms with E-state index < -0.39 is 0 Å². The van der Waals surface area contributed by atoms with Crippen molar-refractivity contribution in [3.8, 4) is 0 Å². The van der Waals surface area contributed by atoms with Gasteiger partial charge < -0.3 is 5.73 Å². The van der Waals surface area contributed by atoms with Gasteiger partial charge in [0.25, 0.3) is 0 Å². The molecule has 1 aliphatic heterocycles. The first-order valence-electron chi connectivity index (χ1n) is 6.78. The number of likely N-dealkylation sites (tertiary alicyclic amines) is 1. The number of hydrogen-bond acceptors (Lipinski definition) is 2. The molecule has 0 aliphatic carbocycles. The van der Waals surface area contributed by atoms with Crippen molar-refractivity contribution in [2.24, 2.45) is 11.7 Å². The number of carbonyl (C=O) groups is 1. The van der Waals surface area contributed by atoms with Gasteiger partial charge in [-0.15, -0.1) is 0 Å². The molecule has 0 bridgehead atoms. The van der Waals surface area contributed by atoms with Gasteiger partial charge in [-0.05, 0) is 43.5 Å². The molecule has 1 fully saturated rings. The fourth-order valence-electron chi connectivity index (χ4n) is 2.51. The fourth-order valence-corrected chi connectivity index (χ4v) is 2.51. The Bertz CT molecular complexity index is 391. The molecule has 3 heteroatoms. The Morgan fingerprint density at radius 1 is 1.22 bits per heavy atom. The van der Waals surface area contributed by atoms with E-state index in [1.807, 2.05) is 0 Å². The van der Waals surface area contributed by atoms with Gasteiger partial charge in [-0.2, -0.15) is 0 Å². The van der Waals surface area contributed by atoms with Gasteiger partial charge in [0.2, 0.25) is 5.91 Å². The number of rotatable bonds is 4. The number of aryl methyl sites for hydroxylation is 1. The van der Waals surface area contributed by atoms with Crippen molar-refractivity contribution in [1.29, 1.82) is 0 Å². The number of primary amides is 1. The first-order chi connectivity index (χ1) is 8.69. The van der Waals surface area contributed by atoms with Crippen LogP contribution in [-0.4, -0.2) is 23.9 Å². The maximum absolute atomic E-state index is 11.1. The molecule has 1 aromatic carbocycles. The predicted octanol–water partition coefficient (Wildman–Crippen LogP) is 1.95. The van der Waals surface area contributed by atoms with E-state index in [0.29, 0.717) is 0 Å². The van der Waals surface area contributed by atoms with Crippen molar-refractivity contribution in [2.75, 3.05) is 13.1 Å². The largest absolute Gasteiger partial charge is 0.369 e. The van der Waals surface area contributed by atoms with Crippen molar-refractivity contribution in [3.05, 3.63) is 35.4 Å². The molecule has 0 aromatic heterocycles.